The van der Waals surface area contributed by atoms with Gasteiger partial charge in [0.05, 0.1) is 12.4 Å². The van der Waals surface area contributed by atoms with Gasteiger partial charge in [0.25, 0.3) is 0 Å². The Kier molecular flexibility index (Phi) is 3.98. The second kappa shape index (κ2) is 5.04. The summed E-state index contributed by atoms with van der Waals surface area (Å²) in [5.74, 6) is -0.963. The summed E-state index contributed by atoms with van der Waals surface area (Å²) in [7, 11) is -2.12. The van der Waals surface area contributed by atoms with Crippen molar-refractivity contribution in [1.82, 2.24) is 4.98 Å². The molecule has 1 heterocycles. The second-order valence-electron chi connectivity index (χ2n) is 2.76. The fraction of sp³-hybridized carbons (Fsp3) is 0.375. The lowest BCUT2D eigenvalue weighted by molar-refractivity contribution is 0.217. The van der Waals surface area contributed by atoms with Crippen molar-refractivity contribution in [2.45, 2.75) is 0 Å². The van der Waals surface area contributed by atoms with E-state index in [0.717, 1.165) is 6.07 Å². The molecule has 0 aliphatic rings. The number of sulfonamides is 1. The van der Waals surface area contributed by atoms with Crippen LogP contribution in [-0.4, -0.2) is 32.9 Å². The average Bonchev–Trinajstić information content (AvgIpc) is 2.14. The summed E-state index contributed by atoms with van der Waals surface area (Å²) in [6.45, 7) is 0.0741. The molecule has 15 heavy (non-hydrogen) atoms. The third-order valence-electron chi connectivity index (χ3n) is 1.53. The van der Waals surface area contributed by atoms with E-state index in [-0.39, 0.29) is 18.2 Å². The zero-order valence-corrected chi connectivity index (χ0v) is 8.92. The number of nitrogens with zero attached hydrogens (tertiary/aromatic N) is 1. The zero-order chi connectivity index (χ0) is 11.3. The number of ether oxygens (including phenoxy) is 1. The molecule has 1 aromatic rings. The zero-order valence-electron chi connectivity index (χ0n) is 8.10. The number of pyridine rings is 1. The number of aromatic nitrogens is 1. The number of anilines is 1. The number of hydrogen-bond donors (Lipinski definition) is 1. The molecule has 0 bridgehead atoms. The third-order valence-corrected chi connectivity index (χ3v) is 2.76. The number of hydrogen-bond acceptors (Lipinski definition) is 4. The van der Waals surface area contributed by atoms with Crippen LogP contribution in [0.1, 0.15) is 0 Å². The number of methoxy groups -OCH3 is 1. The first kappa shape index (κ1) is 11.9. The molecule has 0 atom stereocenters. The van der Waals surface area contributed by atoms with Crippen LogP contribution in [0, 0.1) is 5.95 Å². The van der Waals surface area contributed by atoms with Gasteiger partial charge in [-0.05, 0) is 12.1 Å². The quantitative estimate of drug-likeness (QED) is 0.758. The van der Waals surface area contributed by atoms with Crippen LogP contribution >= 0.6 is 0 Å². The first-order valence-corrected chi connectivity index (χ1v) is 5.81. The molecule has 0 fully saturated rings. The highest BCUT2D eigenvalue weighted by atomic mass is 32.2. The minimum Gasteiger partial charge on any atom is -0.384 e. The summed E-state index contributed by atoms with van der Waals surface area (Å²) in [6.07, 6.45) is 0. The summed E-state index contributed by atoms with van der Waals surface area (Å²) in [5, 5.41) is 0. The number of nitrogens with one attached hydrogen (secondary N) is 1. The largest absolute Gasteiger partial charge is 0.384 e. The van der Waals surface area contributed by atoms with Gasteiger partial charge >= 0.3 is 0 Å². The van der Waals surface area contributed by atoms with E-state index in [1.165, 1.54) is 19.2 Å². The average molecular weight is 234 g/mol. The van der Waals surface area contributed by atoms with E-state index in [4.69, 9.17) is 0 Å². The van der Waals surface area contributed by atoms with Gasteiger partial charge < -0.3 is 4.74 Å². The lowest BCUT2D eigenvalue weighted by Crippen LogP contribution is -2.20. The first-order chi connectivity index (χ1) is 7.03. The fourth-order valence-corrected chi connectivity index (χ4v) is 1.79. The van der Waals surface area contributed by atoms with Crippen molar-refractivity contribution in [3.05, 3.63) is 24.1 Å². The number of halogens is 1. The van der Waals surface area contributed by atoms with Gasteiger partial charge in [-0.25, -0.2) is 13.4 Å². The first-order valence-electron chi connectivity index (χ1n) is 4.15. The van der Waals surface area contributed by atoms with Gasteiger partial charge in [-0.2, -0.15) is 4.39 Å². The summed E-state index contributed by atoms with van der Waals surface area (Å²) in [4.78, 5) is 3.37. The Labute approximate surface area is 87.3 Å². The predicted octanol–water partition coefficient (Wildman–Crippen LogP) is 0.609. The van der Waals surface area contributed by atoms with E-state index < -0.39 is 16.0 Å². The van der Waals surface area contributed by atoms with Crippen molar-refractivity contribution in [1.29, 1.82) is 0 Å². The highest BCUT2D eigenvalue weighted by molar-refractivity contribution is 7.92. The van der Waals surface area contributed by atoms with Crippen molar-refractivity contribution in [3.63, 3.8) is 0 Å². The molecule has 7 heteroatoms. The molecule has 5 nitrogen and oxygen atoms in total. The standard InChI is InChI=1S/C8H11FN2O3S/c1-14-5-6-15(12,13)11-8-4-2-3-7(9)10-8/h2-4H,5-6H2,1H3,(H,10,11). The van der Waals surface area contributed by atoms with Crippen molar-refractivity contribution < 1.29 is 17.5 Å². The van der Waals surface area contributed by atoms with Crippen LogP contribution in [0.3, 0.4) is 0 Å². The minimum absolute atomic E-state index is 0.0360. The molecule has 0 unspecified atom stereocenters. The monoisotopic (exact) mass is 234 g/mol. The van der Waals surface area contributed by atoms with E-state index in [9.17, 15) is 12.8 Å². The van der Waals surface area contributed by atoms with Crippen LogP contribution < -0.4 is 4.72 Å². The normalized spacial score (nSPS) is 11.3. The minimum atomic E-state index is -3.52. The van der Waals surface area contributed by atoms with Gasteiger partial charge in [-0.15, -0.1) is 0 Å². The van der Waals surface area contributed by atoms with Crippen LogP contribution in [0.15, 0.2) is 18.2 Å². The van der Waals surface area contributed by atoms with E-state index in [1.54, 1.807) is 0 Å². The van der Waals surface area contributed by atoms with E-state index in [1.807, 2.05) is 0 Å². The summed E-state index contributed by atoms with van der Waals surface area (Å²) >= 11 is 0. The highest BCUT2D eigenvalue weighted by Gasteiger charge is 2.10. The Bertz CT molecular complexity index is 422. The highest BCUT2D eigenvalue weighted by Crippen LogP contribution is 2.06. The van der Waals surface area contributed by atoms with Crippen LogP contribution in [0.4, 0.5) is 10.2 Å². The Morgan fingerprint density at radius 2 is 2.27 bits per heavy atom. The van der Waals surface area contributed by atoms with Crippen molar-refractivity contribution in [2.75, 3.05) is 24.2 Å². The SMILES string of the molecule is COCCS(=O)(=O)Nc1cccc(F)n1. The van der Waals surface area contributed by atoms with Crippen LogP contribution in [0.25, 0.3) is 0 Å². The smallest absolute Gasteiger partial charge is 0.236 e. The summed E-state index contributed by atoms with van der Waals surface area (Å²) in [6, 6.07) is 3.87. The molecule has 0 amide bonds. The predicted molar refractivity (Wildman–Crippen MR) is 53.5 cm³/mol. The lowest BCUT2D eigenvalue weighted by atomic mass is 10.5. The molecule has 0 spiro atoms. The summed E-state index contributed by atoms with van der Waals surface area (Å²) < 4.78 is 42.0. The van der Waals surface area contributed by atoms with Crippen molar-refractivity contribution >= 4 is 15.8 Å². The summed E-state index contributed by atoms with van der Waals surface area (Å²) in [5.41, 5.74) is 0. The molecule has 0 radical (unpaired) electrons. The van der Waals surface area contributed by atoms with E-state index >= 15 is 0 Å². The molecule has 0 saturated carbocycles. The Morgan fingerprint density at radius 1 is 1.53 bits per heavy atom. The lowest BCUT2D eigenvalue weighted by Gasteiger charge is -2.05. The van der Waals surface area contributed by atoms with Crippen LogP contribution in [-0.2, 0) is 14.8 Å². The van der Waals surface area contributed by atoms with E-state index in [2.05, 4.69) is 14.4 Å². The molecule has 0 aromatic carbocycles. The Morgan fingerprint density at radius 3 is 2.87 bits per heavy atom. The maximum atomic E-state index is 12.6. The molecule has 0 aliphatic carbocycles. The molecule has 0 aliphatic heterocycles. The molecule has 1 aromatic heterocycles. The maximum Gasteiger partial charge on any atom is 0.236 e. The molecule has 1 rings (SSSR count). The number of rotatable bonds is 5. The topological polar surface area (TPSA) is 68.3 Å². The maximum absolute atomic E-state index is 12.6. The van der Waals surface area contributed by atoms with Gasteiger partial charge in [0.2, 0.25) is 16.0 Å². The third kappa shape index (κ3) is 4.22. The van der Waals surface area contributed by atoms with Gasteiger partial charge in [0.1, 0.15) is 5.82 Å². The molecule has 84 valence electrons. The fourth-order valence-electron chi connectivity index (χ4n) is 0.869. The van der Waals surface area contributed by atoms with Crippen LogP contribution in [0.2, 0.25) is 0 Å². The van der Waals surface area contributed by atoms with E-state index in [0.29, 0.717) is 0 Å². The van der Waals surface area contributed by atoms with Gasteiger partial charge in [0.15, 0.2) is 0 Å². The Hall–Kier alpha value is -1.21. The van der Waals surface area contributed by atoms with Gasteiger partial charge in [-0.3, -0.25) is 4.72 Å². The van der Waals surface area contributed by atoms with Crippen LogP contribution in [0.5, 0.6) is 0 Å². The molecular formula is C8H11FN2O3S. The van der Waals surface area contributed by atoms with Gasteiger partial charge in [-0.1, -0.05) is 6.07 Å². The van der Waals surface area contributed by atoms with Crippen molar-refractivity contribution in [2.24, 2.45) is 0 Å². The molecular weight excluding hydrogens is 223 g/mol. The Balaban J connectivity index is 2.69. The second-order valence-corrected chi connectivity index (χ2v) is 4.60. The molecule has 0 saturated heterocycles. The van der Waals surface area contributed by atoms with Gasteiger partial charge in [0, 0.05) is 7.11 Å². The molecule has 1 N–H and O–H groups in total. The van der Waals surface area contributed by atoms with Crippen molar-refractivity contribution in [3.8, 4) is 0 Å².